The van der Waals surface area contributed by atoms with Gasteiger partial charge in [-0.15, -0.1) is 0 Å². The molecule has 1 aromatic rings. The summed E-state index contributed by atoms with van der Waals surface area (Å²) in [5, 5.41) is 13.8. The molecule has 1 aliphatic carbocycles. The quantitative estimate of drug-likeness (QED) is 0.804. The number of hydrogen-bond acceptors (Lipinski definition) is 2. The van der Waals surface area contributed by atoms with Crippen LogP contribution in [0.25, 0.3) is 0 Å². The van der Waals surface area contributed by atoms with Crippen molar-refractivity contribution in [3.63, 3.8) is 0 Å². The van der Waals surface area contributed by atoms with Crippen LogP contribution < -0.4 is 5.32 Å². The van der Waals surface area contributed by atoms with E-state index in [2.05, 4.69) is 5.32 Å². The highest BCUT2D eigenvalue weighted by Crippen LogP contribution is 2.18. The van der Waals surface area contributed by atoms with Crippen molar-refractivity contribution in [3.05, 3.63) is 34.9 Å². The third kappa shape index (κ3) is 3.82. The molecule has 3 heteroatoms. The van der Waals surface area contributed by atoms with Crippen LogP contribution in [0.3, 0.4) is 0 Å². The van der Waals surface area contributed by atoms with E-state index in [9.17, 15) is 5.11 Å². The molecule has 0 aliphatic heterocycles. The van der Waals surface area contributed by atoms with Gasteiger partial charge in [0, 0.05) is 17.6 Å². The molecule has 2 nitrogen and oxygen atoms in total. The molecule has 0 saturated heterocycles. The zero-order valence-electron chi connectivity index (χ0n) is 8.62. The topological polar surface area (TPSA) is 32.3 Å². The van der Waals surface area contributed by atoms with Gasteiger partial charge in [-0.3, -0.25) is 0 Å². The Bertz CT molecular complexity index is 325. The second-order valence-corrected chi connectivity index (χ2v) is 4.61. The molecule has 0 amide bonds. The van der Waals surface area contributed by atoms with Gasteiger partial charge in [-0.25, -0.2) is 0 Å². The number of nitrogens with one attached hydrogen (secondary N) is 1. The van der Waals surface area contributed by atoms with Gasteiger partial charge in [0.25, 0.3) is 0 Å². The lowest BCUT2D eigenvalue weighted by Crippen LogP contribution is -2.29. The van der Waals surface area contributed by atoms with Gasteiger partial charge in [0.1, 0.15) is 0 Å². The fourth-order valence-corrected chi connectivity index (χ4v) is 1.81. The van der Waals surface area contributed by atoms with Crippen molar-refractivity contribution >= 4 is 11.6 Å². The third-order valence-electron chi connectivity index (χ3n) is 2.58. The first-order chi connectivity index (χ1) is 7.24. The Balaban J connectivity index is 1.79. The van der Waals surface area contributed by atoms with Crippen molar-refractivity contribution in [3.8, 4) is 0 Å². The zero-order chi connectivity index (χ0) is 10.7. The van der Waals surface area contributed by atoms with Gasteiger partial charge < -0.3 is 10.4 Å². The van der Waals surface area contributed by atoms with Crippen molar-refractivity contribution in [1.82, 2.24) is 5.32 Å². The van der Waals surface area contributed by atoms with Crippen LogP contribution in [0.4, 0.5) is 0 Å². The maximum Gasteiger partial charge on any atom is 0.0704 e. The Labute approximate surface area is 95.3 Å². The first-order valence-electron chi connectivity index (χ1n) is 5.40. The Morgan fingerprint density at radius 3 is 2.93 bits per heavy atom. The zero-order valence-corrected chi connectivity index (χ0v) is 9.37. The Hall–Kier alpha value is -0.570. The van der Waals surface area contributed by atoms with E-state index in [4.69, 9.17) is 11.6 Å². The highest BCUT2D eigenvalue weighted by atomic mass is 35.5. The first-order valence-corrected chi connectivity index (χ1v) is 5.78. The lowest BCUT2D eigenvalue weighted by molar-refractivity contribution is 0.171. The first kappa shape index (κ1) is 10.9. The molecule has 1 saturated carbocycles. The van der Waals surface area contributed by atoms with Gasteiger partial charge in [-0.1, -0.05) is 23.7 Å². The Morgan fingerprint density at radius 1 is 1.47 bits per heavy atom. The van der Waals surface area contributed by atoms with Crippen molar-refractivity contribution < 1.29 is 5.11 Å². The van der Waals surface area contributed by atoms with Gasteiger partial charge in [-0.05, 0) is 37.0 Å². The molecule has 0 aromatic heterocycles. The molecule has 82 valence electrons. The predicted octanol–water partition coefficient (Wildman–Crippen LogP) is 2.00. The van der Waals surface area contributed by atoms with E-state index in [1.54, 1.807) is 0 Å². The summed E-state index contributed by atoms with van der Waals surface area (Å²) in [5.74, 6) is 0. The summed E-state index contributed by atoms with van der Waals surface area (Å²) in [6.45, 7) is 0.678. The van der Waals surface area contributed by atoms with E-state index >= 15 is 0 Å². The summed E-state index contributed by atoms with van der Waals surface area (Å²) in [5.41, 5.74) is 1.09. The highest BCUT2D eigenvalue weighted by Gasteiger charge is 2.21. The molecule has 1 aliphatic rings. The van der Waals surface area contributed by atoms with Crippen LogP contribution in [0, 0.1) is 0 Å². The summed E-state index contributed by atoms with van der Waals surface area (Å²) < 4.78 is 0. The predicted molar refractivity (Wildman–Crippen MR) is 62.2 cm³/mol. The van der Waals surface area contributed by atoms with Crippen LogP contribution >= 0.6 is 11.6 Å². The normalized spacial score (nSPS) is 17.7. The fraction of sp³-hybridized carbons (Fsp3) is 0.500. The maximum atomic E-state index is 9.76. The van der Waals surface area contributed by atoms with E-state index in [1.807, 2.05) is 24.3 Å². The van der Waals surface area contributed by atoms with Crippen molar-refractivity contribution in [2.24, 2.45) is 0 Å². The minimum Gasteiger partial charge on any atom is -0.391 e. The molecular weight excluding hydrogens is 210 g/mol. The molecule has 15 heavy (non-hydrogen) atoms. The number of rotatable bonds is 5. The van der Waals surface area contributed by atoms with Gasteiger partial charge in [-0.2, -0.15) is 0 Å². The lowest BCUT2D eigenvalue weighted by atomic mass is 10.1. The van der Waals surface area contributed by atoms with Crippen LogP contribution in [-0.2, 0) is 6.42 Å². The highest BCUT2D eigenvalue weighted by molar-refractivity contribution is 6.30. The number of hydrogen-bond donors (Lipinski definition) is 2. The van der Waals surface area contributed by atoms with Crippen molar-refractivity contribution in [2.45, 2.75) is 31.4 Å². The van der Waals surface area contributed by atoms with E-state index in [0.29, 0.717) is 19.0 Å². The molecule has 2 N–H and O–H groups in total. The minimum absolute atomic E-state index is 0.316. The average molecular weight is 226 g/mol. The molecule has 0 heterocycles. The molecule has 0 bridgehead atoms. The summed E-state index contributed by atoms with van der Waals surface area (Å²) in [6, 6.07) is 8.31. The number of aliphatic hydroxyl groups is 1. The third-order valence-corrected chi connectivity index (χ3v) is 2.81. The average Bonchev–Trinajstić information content (AvgIpc) is 2.98. The van der Waals surface area contributed by atoms with Gasteiger partial charge in [0.15, 0.2) is 0 Å². The number of halogens is 1. The molecule has 1 fully saturated rings. The van der Waals surface area contributed by atoms with Gasteiger partial charge in [0.2, 0.25) is 0 Å². The maximum absolute atomic E-state index is 9.76. The summed E-state index contributed by atoms with van der Waals surface area (Å²) >= 11 is 5.87. The van der Waals surface area contributed by atoms with Gasteiger partial charge >= 0.3 is 0 Å². The molecule has 0 radical (unpaired) electrons. The van der Waals surface area contributed by atoms with E-state index in [1.165, 1.54) is 12.8 Å². The molecule has 1 unspecified atom stereocenters. The molecule has 2 rings (SSSR count). The largest absolute Gasteiger partial charge is 0.391 e. The summed E-state index contributed by atoms with van der Waals surface area (Å²) in [7, 11) is 0. The Kier molecular flexibility index (Phi) is 3.62. The van der Waals surface area contributed by atoms with Crippen molar-refractivity contribution in [2.75, 3.05) is 6.54 Å². The minimum atomic E-state index is -0.316. The monoisotopic (exact) mass is 225 g/mol. The summed E-state index contributed by atoms with van der Waals surface area (Å²) in [4.78, 5) is 0. The smallest absolute Gasteiger partial charge is 0.0704 e. The summed E-state index contributed by atoms with van der Waals surface area (Å²) in [6.07, 6.45) is 2.86. The van der Waals surface area contributed by atoms with Crippen molar-refractivity contribution in [1.29, 1.82) is 0 Å². The molecule has 0 spiro atoms. The lowest BCUT2D eigenvalue weighted by Gasteiger charge is -2.11. The van der Waals surface area contributed by atoms with Crippen LogP contribution in [-0.4, -0.2) is 23.8 Å². The van der Waals surface area contributed by atoms with E-state index in [-0.39, 0.29) is 6.10 Å². The second-order valence-electron chi connectivity index (χ2n) is 4.17. The standard InChI is InChI=1S/C12H16ClNO/c13-10-3-1-2-9(6-10)7-12(15)8-14-11-4-5-11/h1-3,6,11-12,14-15H,4-5,7-8H2. The van der Waals surface area contributed by atoms with Gasteiger partial charge in [0.05, 0.1) is 6.10 Å². The van der Waals surface area contributed by atoms with Crippen LogP contribution in [0.2, 0.25) is 5.02 Å². The Morgan fingerprint density at radius 2 is 2.27 bits per heavy atom. The number of aliphatic hydroxyl groups excluding tert-OH is 1. The SMILES string of the molecule is OC(CNC1CC1)Cc1cccc(Cl)c1. The fourth-order valence-electron chi connectivity index (χ4n) is 1.60. The van der Waals surface area contributed by atoms with Crippen LogP contribution in [0.15, 0.2) is 24.3 Å². The molecule has 1 atom stereocenters. The molecule has 1 aromatic carbocycles. The second kappa shape index (κ2) is 4.97. The van der Waals surface area contributed by atoms with E-state index in [0.717, 1.165) is 10.6 Å². The molecular formula is C12H16ClNO. The van der Waals surface area contributed by atoms with Crippen LogP contribution in [0.5, 0.6) is 0 Å². The van der Waals surface area contributed by atoms with Crippen LogP contribution in [0.1, 0.15) is 18.4 Å². The van der Waals surface area contributed by atoms with E-state index < -0.39 is 0 Å². The number of benzene rings is 1.